The average Bonchev–Trinajstić information content (AvgIpc) is 2.63. The normalized spacial score (nSPS) is 10.4. The number of imidazole rings is 1. The summed E-state index contributed by atoms with van der Waals surface area (Å²) in [5.74, 6) is 0. The van der Waals surface area contributed by atoms with Gasteiger partial charge in [-0.25, -0.2) is 4.98 Å². The predicted molar refractivity (Wildman–Crippen MR) is 74.8 cm³/mol. The SMILES string of the molecule is Cc1[nH]cnc1CNc1ccc(Cl)cc1I. The number of benzene rings is 1. The van der Waals surface area contributed by atoms with Crippen molar-refractivity contribution in [2.24, 2.45) is 0 Å². The number of hydrogen-bond acceptors (Lipinski definition) is 2. The summed E-state index contributed by atoms with van der Waals surface area (Å²) in [6, 6.07) is 5.79. The maximum Gasteiger partial charge on any atom is 0.0925 e. The highest BCUT2D eigenvalue weighted by Crippen LogP contribution is 2.22. The van der Waals surface area contributed by atoms with Crippen molar-refractivity contribution in [2.75, 3.05) is 5.32 Å². The molecule has 0 unspecified atom stereocenters. The number of nitrogens with one attached hydrogen (secondary N) is 2. The van der Waals surface area contributed by atoms with Crippen LogP contribution in [0.3, 0.4) is 0 Å². The third kappa shape index (κ3) is 2.68. The van der Waals surface area contributed by atoms with Crippen molar-refractivity contribution in [3.8, 4) is 0 Å². The minimum Gasteiger partial charge on any atom is -0.378 e. The number of aryl methyl sites for hydroxylation is 1. The lowest BCUT2D eigenvalue weighted by molar-refractivity contribution is 1.05. The van der Waals surface area contributed by atoms with Gasteiger partial charge in [0.15, 0.2) is 0 Å². The average molecular weight is 348 g/mol. The van der Waals surface area contributed by atoms with Gasteiger partial charge in [0.05, 0.1) is 18.6 Å². The lowest BCUT2D eigenvalue weighted by Crippen LogP contribution is -2.02. The molecule has 1 aromatic carbocycles. The van der Waals surface area contributed by atoms with E-state index < -0.39 is 0 Å². The van der Waals surface area contributed by atoms with Crippen molar-refractivity contribution in [2.45, 2.75) is 13.5 Å². The molecule has 0 amide bonds. The quantitative estimate of drug-likeness (QED) is 0.833. The second-order valence-electron chi connectivity index (χ2n) is 3.45. The molecule has 84 valence electrons. The molecule has 5 heteroatoms. The third-order valence-electron chi connectivity index (χ3n) is 2.31. The molecule has 0 aliphatic carbocycles. The van der Waals surface area contributed by atoms with Crippen molar-refractivity contribution in [1.82, 2.24) is 9.97 Å². The number of aromatic nitrogens is 2. The second-order valence-corrected chi connectivity index (χ2v) is 5.05. The number of halogens is 2. The zero-order valence-electron chi connectivity index (χ0n) is 8.72. The first-order valence-electron chi connectivity index (χ1n) is 4.84. The van der Waals surface area contributed by atoms with Gasteiger partial charge in [0, 0.05) is 20.0 Å². The van der Waals surface area contributed by atoms with Gasteiger partial charge in [-0.1, -0.05) is 11.6 Å². The van der Waals surface area contributed by atoms with Crippen LogP contribution >= 0.6 is 34.2 Å². The minimum atomic E-state index is 0.715. The molecule has 2 rings (SSSR count). The van der Waals surface area contributed by atoms with E-state index >= 15 is 0 Å². The maximum atomic E-state index is 5.89. The molecule has 0 fully saturated rings. The van der Waals surface area contributed by atoms with Crippen LogP contribution in [-0.4, -0.2) is 9.97 Å². The van der Waals surface area contributed by atoms with Crippen LogP contribution < -0.4 is 5.32 Å². The molecule has 1 aromatic heterocycles. The van der Waals surface area contributed by atoms with Crippen LogP contribution in [0.1, 0.15) is 11.4 Å². The molecule has 0 aliphatic rings. The zero-order valence-corrected chi connectivity index (χ0v) is 11.6. The first-order valence-corrected chi connectivity index (χ1v) is 6.30. The van der Waals surface area contributed by atoms with Gasteiger partial charge >= 0.3 is 0 Å². The van der Waals surface area contributed by atoms with E-state index in [2.05, 4.69) is 37.9 Å². The van der Waals surface area contributed by atoms with Crippen molar-refractivity contribution in [1.29, 1.82) is 0 Å². The van der Waals surface area contributed by atoms with Crippen LogP contribution in [-0.2, 0) is 6.54 Å². The van der Waals surface area contributed by atoms with Gasteiger partial charge in [-0.15, -0.1) is 0 Å². The number of hydrogen-bond donors (Lipinski definition) is 2. The Bertz CT molecular complexity index is 496. The van der Waals surface area contributed by atoms with E-state index in [9.17, 15) is 0 Å². The number of H-pyrrole nitrogens is 1. The van der Waals surface area contributed by atoms with E-state index in [-0.39, 0.29) is 0 Å². The predicted octanol–water partition coefficient (Wildman–Crippen LogP) is 3.59. The van der Waals surface area contributed by atoms with Crippen LogP contribution in [0.25, 0.3) is 0 Å². The van der Waals surface area contributed by atoms with E-state index in [1.54, 1.807) is 6.33 Å². The molecule has 0 bridgehead atoms. The topological polar surface area (TPSA) is 40.7 Å². The van der Waals surface area contributed by atoms with Crippen LogP contribution in [0.2, 0.25) is 5.02 Å². The fourth-order valence-electron chi connectivity index (χ4n) is 1.38. The Balaban J connectivity index is 2.08. The monoisotopic (exact) mass is 347 g/mol. The molecule has 0 saturated heterocycles. The molecule has 2 N–H and O–H groups in total. The highest BCUT2D eigenvalue weighted by Gasteiger charge is 2.03. The number of rotatable bonds is 3. The Morgan fingerprint density at radius 3 is 2.94 bits per heavy atom. The van der Waals surface area contributed by atoms with Crippen LogP contribution in [0.5, 0.6) is 0 Å². The fraction of sp³-hybridized carbons (Fsp3) is 0.182. The van der Waals surface area contributed by atoms with Crippen molar-refractivity contribution in [3.63, 3.8) is 0 Å². The van der Waals surface area contributed by atoms with Crippen molar-refractivity contribution >= 4 is 39.9 Å². The van der Waals surface area contributed by atoms with Crippen LogP contribution in [0.15, 0.2) is 24.5 Å². The van der Waals surface area contributed by atoms with Gasteiger partial charge in [0.2, 0.25) is 0 Å². The number of aromatic amines is 1. The molecule has 0 radical (unpaired) electrons. The Hall–Kier alpha value is -0.750. The molecule has 0 atom stereocenters. The number of nitrogens with zero attached hydrogens (tertiary/aromatic N) is 1. The van der Waals surface area contributed by atoms with Gasteiger partial charge in [0.25, 0.3) is 0 Å². The summed E-state index contributed by atoms with van der Waals surface area (Å²) in [4.78, 5) is 7.29. The molecular formula is C11H11ClIN3. The lowest BCUT2D eigenvalue weighted by atomic mass is 10.3. The van der Waals surface area contributed by atoms with Crippen molar-refractivity contribution < 1.29 is 0 Å². The summed E-state index contributed by atoms with van der Waals surface area (Å²) in [7, 11) is 0. The molecule has 16 heavy (non-hydrogen) atoms. The molecule has 0 aliphatic heterocycles. The summed E-state index contributed by atoms with van der Waals surface area (Å²) in [5, 5.41) is 4.09. The molecule has 0 saturated carbocycles. The highest BCUT2D eigenvalue weighted by atomic mass is 127. The van der Waals surface area contributed by atoms with Gasteiger partial charge in [-0.3, -0.25) is 0 Å². The smallest absolute Gasteiger partial charge is 0.0925 e. The number of anilines is 1. The molecule has 0 spiro atoms. The minimum absolute atomic E-state index is 0.715. The second kappa shape index (κ2) is 5.05. The van der Waals surface area contributed by atoms with Gasteiger partial charge < -0.3 is 10.3 Å². The molecule has 2 aromatic rings. The summed E-state index contributed by atoms with van der Waals surface area (Å²) >= 11 is 8.15. The molecule has 1 heterocycles. The van der Waals surface area contributed by atoms with Crippen molar-refractivity contribution in [3.05, 3.63) is 44.5 Å². The van der Waals surface area contributed by atoms with Crippen LogP contribution in [0, 0.1) is 10.5 Å². The summed E-state index contributed by atoms with van der Waals surface area (Å²) in [5.41, 5.74) is 3.20. The van der Waals surface area contributed by atoms with Crippen LogP contribution in [0.4, 0.5) is 5.69 Å². The summed E-state index contributed by atoms with van der Waals surface area (Å²) in [6.45, 7) is 2.73. The van der Waals surface area contributed by atoms with E-state index in [4.69, 9.17) is 11.6 Å². The highest BCUT2D eigenvalue weighted by molar-refractivity contribution is 14.1. The third-order valence-corrected chi connectivity index (χ3v) is 3.44. The standard InChI is InChI=1S/C11H11ClIN3/c1-7-11(16-6-15-7)5-14-10-3-2-8(12)4-9(10)13/h2-4,6,14H,5H2,1H3,(H,15,16). The van der Waals surface area contributed by atoms with Gasteiger partial charge in [-0.2, -0.15) is 0 Å². The largest absolute Gasteiger partial charge is 0.378 e. The van der Waals surface area contributed by atoms with E-state index in [0.717, 1.165) is 25.7 Å². The lowest BCUT2D eigenvalue weighted by Gasteiger charge is -2.07. The van der Waals surface area contributed by atoms with E-state index in [1.807, 2.05) is 25.1 Å². The Labute approximate surface area is 113 Å². The molecular weight excluding hydrogens is 336 g/mol. The van der Waals surface area contributed by atoms with E-state index in [0.29, 0.717) is 6.54 Å². The zero-order chi connectivity index (χ0) is 11.5. The van der Waals surface area contributed by atoms with Gasteiger partial charge in [-0.05, 0) is 47.7 Å². The Kier molecular flexibility index (Phi) is 3.70. The van der Waals surface area contributed by atoms with Gasteiger partial charge in [0.1, 0.15) is 0 Å². The first kappa shape index (κ1) is 11.7. The van der Waals surface area contributed by atoms with E-state index in [1.165, 1.54) is 0 Å². The Morgan fingerprint density at radius 1 is 1.50 bits per heavy atom. The maximum absolute atomic E-state index is 5.89. The summed E-state index contributed by atoms with van der Waals surface area (Å²) < 4.78 is 1.11. The molecule has 3 nitrogen and oxygen atoms in total. The summed E-state index contributed by atoms with van der Waals surface area (Å²) in [6.07, 6.45) is 1.71. The fourth-order valence-corrected chi connectivity index (χ4v) is 2.44. The Morgan fingerprint density at radius 2 is 2.31 bits per heavy atom. The first-order chi connectivity index (χ1) is 7.66.